The summed E-state index contributed by atoms with van der Waals surface area (Å²) in [5, 5.41) is 0. The predicted molar refractivity (Wildman–Crippen MR) is 77.6 cm³/mol. The Balaban J connectivity index is 2.26. The van der Waals surface area contributed by atoms with Crippen molar-refractivity contribution < 1.29 is 4.79 Å². The third-order valence-electron chi connectivity index (χ3n) is 2.81. The Labute approximate surface area is 113 Å². The first kappa shape index (κ1) is 12.7. The SMILES string of the molecule is Cc1cccc(N(C)C(=O)c2ccc(S)cc2)c1. The Morgan fingerprint density at radius 2 is 1.78 bits per heavy atom. The molecular formula is C15H15NOS. The highest BCUT2D eigenvalue weighted by Crippen LogP contribution is 2.17. The van der Waals surface area contributed by atoms with Crippen LogP contribution in [0.4, 0.5) is 5.69 Å². The number of aryl methyl sites for hydroxylation is 1. The molecule has 0 spiro atoms. The second-order valence-electron chi connectivity index (χ2n) is 4.25. The lowest BCUT2D eigenvalue weighted by Gasteiger charge is -2.18. The van der Waals surface area contributed by atoms with Crippen LogP contribution in [-0.4, -0.2) is 13.0 Å². The second kappa shape index (κ2) is 5.27. The van der Waals surface area contributed by atoms with Gasteiger partial charge in [-0.2, -0.15) is 0 Å². The van der Waals surface area contributed by atoms with E-state index >= 15 is 0 Å². The number of nitrogens with zero attached hydrogens (tertiary/aromatic N) is 1. The van der Waals surface area contributed by atoms with E-state index in [4.69, 9.17) is 0 Å². The highest BCUT2D eigenvalue weighted by Gasteiger charge is 2.12. The van der Waals surface area contributed by atoms with E-state index in [1.807, 2.05) is 43.3 Å². The van der Waals surface area contributed by atoms with Crippen LogP contribution in [0.15, 0.2) is 53.4 Å². The van der Waals surface area contributed by atoms with Crippen molar-refractivity contribution in [1.29, 1.82) is 0 Å². The minimum atomic E-state index is -0.0195. The van der Waals surface area contributed by atoms with Crippen molar-refractivity contribution in [3.63, 3.8) is 0 Å². The lowest BCUT2D eigenvalue weighted by molar-refractivity contribution is 0.0993. The maximum absolute atomic E-state index is 12.3. The quantitative estimate of drug-likeness (QED) is 0.816. The van der Waals surface area contributed by atoms with Gasteiger partial charge in [-0.3, -0.25) is 4.79 Å². The summed E-state index contributed by atoms with van der Waals surface area (Å²) < 4.78 is 0. The van der Waals surface area contributed by atoms with Crippen LogP contribution in [-0.2, 0) is 0 Å². The van der Waals surface area contributed by atoms with E-state index in [0.717, 1.165) is 16.1 Å². The highest BCUT2D eigenvalue weighted by atomic mass is 32.1. The monoisotopic (exact) mass is 257 g/mol. The molecule has 2 aromatic carbocycles. The Morgan fingerprint density at radius 3 is 2.39 bits per heavy atom. The van der Waals surface area contributed by atoms with Crippen molar-refractivity contribution in [3.8, 4) is 0 Å². The first-order valence-electron chi connectivity index (χ1n) is 5.71. The molecule has 0 aliphatic carbocycles. The van der Waals surface area contributed by atoms with Gasteiger partial charge in [0.25, 0.3) is 5.91 Å². The molecule has 1 amide bonds. The minimum absolute atomic E-state index is 0.0195. The molecule has 2 rings (SSSR count). The molecule has 2 aromatic rings. The fourth-order valence-corrected chi connectivity index (χ4v) is 1.90. The van der Waals surface area contributed by atoms with Gasteiger partial charge in [0.2, 0.25) is 0 Å². The van der Waals surface area contributed by atoms with Crippen LogP contribution >= 0.6 is 12.6 Å². The zero-order valence-electron chi connectivity index (χ0n) is 10.4. The maximum Gasteiger partial charge on any atom is 0.258 e. The molecule has 3 heteroatoms. The third-order valence-corrected chi connectivity index (χ3v) is 3.11. The highest BCUT2D eigenvalue weighted by molar-refractivity contribution is 7.80. The molecule has 0 aliphatic rings. The van der Waals surface area contributed by atoms with Crippen LogP contribution in [0.25, 0.3) is 0 Å². The van der Waals surface area contributed by atoms with E-state index in [2.05, 4.69) is 12.6 Å². The summed E-state index contributed by atoms with van der Waals surface area (Å²) in [6.45, 7) is 2.01. The van der Waals surface area contributed by atoms with Crippen LogP contribution in [0, 0.1) is 6.92 Å². The average Bonchev–Trinajstić information content (AvgIpc) is 2.38. The van der Waals surface area contributed by atoms with Crippen molar-refractivity contribution in [2.24, 2.45) is 0 Å². The van der Waals surface area contributed by atoms with Gasteiger partial charge < -0.3 is 4.90 Å². The number of anilines is 1. The Hall–Kier alpha value is -1.74. The van der Waals surface area contributed by atoms with E-state index in [9.17, 15) is 4.79 Å². The number of rotatable bonds is 2. The molecule has 0 N–H and O–H groups in total. The standard InChI is InChI=1S/C15H15NOS/c1-11-4-3-5-13(10-11)16(2)15(17)12-6-8-14(18)9-7-12/h3-10,18H,1-2H3. The average molecular weight is 257 g/mol. The summed E-state index contributed by atoms with van der Waals surface area (Å²) in [5.74, 6) is -0.0195. The van der Waals surface area contributed by atoms with Crippen LogP contribution in [0.2, 0.25) is 0 Å². The van der Waals surface area contributed by atoms with Gasteiger partial charge in [0.1, 0.15) is 0 Å². The lowest BCUT2D eigenvalue weighted by atomic mass is 10.1. The number of amides is 1. The number of hydrogen-bond acceptors (Lipinski definition) is 2. The smallest absolute Gasteiger partial charge is 0.258 e. The van der Waals surface area contributed by atoms with Crippen molar-refractivity contribution in [2.45, 2.75) is 11.8 Å². The van der Waals surface area contributed by atoms with Gasteiger partial charge in [-0.05, 0) is 48.9 Å². The van der Waals surface area contributed by atoms with Gasteiger partial charge in [-0.1, -0.05) is 12.1 Å². The summed E-state index contributed by atoms with van der Waals surface area (Å²) in [6, 6.07) is 15.1. The molecule has 0 aromatic heterocycles. The fourth-order valence-electron chi connectivity index (χ4n) is 1.75. The number of carbonyl (C=O) groups is 1. The number of benzene rings is 2. The summed E-state index contributed by atoms with van der Waals surface area (Å²) in [5.41, 5.74) is 2.70. The Morgan fingerprint density at radius 1 is 1.11 bits per heavy atom. The first-order chi connectivity index (χ1) is 8.58. The molecule has 0 atom stereocenters. The van der Waals surface area contributed by atoms with Gasteiger partial charge in [-0.15, -0.1) is 12.6 Å². The molecule has 0 unspecified atom stereocenters. The molecule has 0 fully saturated rings. The van der Waals surface area contributed by atoms with Crippen LogP contribution in [0.3, 0.4) is 0 Å². The summed E-state index contributed by atoms with van der Waals surface area (Å²) >= 11 is 4.21. The first-order valence-corrected chi connectivity index (χ1v) is 6.16. The number of carbonyl (C=O) groups excluding carboxylic acids is 1. The minimum Gasteiger partial charge on any atom is -0.311 e. The summed E-state index contributed by atoms with van der Waals surface area (Å²) in [7, 11) is 1.78. The Kier molecular flexibility index (Phi) is 3.72. The molecule has 0 heterocycles. The second-order valence-corrected chi connectivity index (χ2v) is 4.77. The largest absolute Gasteiger partial charge is 0.311 e. The van der Waals surface area contributed by atoms with Crippen LogP contribution < -0.4 is 4.90 Å². The number of thiol groups is 1. The molecule has 0 saturated carbocycles. The molecule has 0 radical (unpaired) electrons. The van der Waals surface area contributed by atoms with Crippen molar-refractivity contribution >= 4 is 24.2 Å². The number of hydrogen-bond donors (Lipinski definition) is 1. The lowest BCUT2D eigenvalue weighted by Crippen LogP contribution is -2.26. The topological polar surface area (TPSA) is 20.3 Å². The van der Waals surface area contributed by atoms with Crippen molar-refractivity contribution in [2.75, 3.05) is 11.9 Å². The predicted octanol–water partition coefficient (Wildman–Crippen LogP) is 3.56. The van der Waals surface area contributed by atoms with Crippen LogP contribution in [0.1, 0.15) is 15.9 Å². The molecule has 2 nitrogen and oxygen atoms in total. The van der Waals surface area contributed by atoms with Gasteiger partial charge in [0.15, 0.2) is 0 Å². The molecule has 0 saturated heterocycles. The van der Waals surface area contributed by atoms with Gasteiger partial charge in [-0.25, -0.2) is 0 Å². The molecule has 92 valence electrons. The van der Waals surface area contributed by atoms with E-state index in [-0.39, 0.29) is 5.91 Å². The van der Waals surface area contributed by atoms with E-state index in [1.165, 1.54) is 0 Å². The normalized spacial score (nSPS) is 10.2. The summed E-state index contributed by atoms with van der Waals surface area (Å²) in [6.07, 6.45) is 0. The zero-order chi connectivity index (χ0) is 13.1. The maximum atomic E-state index is 12.3. The molecule has 0 bridgehead atoms. The zero-order valence-corrected chi connectivity index (χ0v) is 11.3. The molecular weight excluding hydrogens is 242 g/mol. The van der Waals surface area contributed by atoms with Crippen molar-refractivity contribution in [1.82, 2.24) is 0 Å². The van der Waals surface area contributed by atoms with Crippen LogP contribution in [0.5, 0.6) is 0 Å². The van der Waals surface area contributed by atoms with E-state index in [0.29, 0.717) is 5.56 Å². The molecule has 0 aliphatic heterocycles. The van der Waals surface area contributed by atoms with Gasteiger partial charge in [0.05, 0.1) is 0 Å². The van der Waals surface area contributed by atoms with Crippen molar-refractivity contribution in [3.05, 3.63) is 59.7 Å². The van der Waals surface area contributed by atoms with E-state index in [1.54, 1.807) is 24.1 Å². The Bertz CT molecular complexity index is 563. The van der Waals surface area contributed by atoms with E-state index < -0.39 is 0 Å². The van der Waals surface area contributed by atoms with Gasteiger partial charge >= 0.3 is 0 Å². The fraction of sp³-hybridized carbons (Fsp3) is 0.133. The summed E-state index contributed by atoms with van der Waals surface area (Å²) in [4.78, 5) is 14.8. The third kappa shape index (κ3) is 2.74. The molecule has 18 heavy (non-hydrogen) atoms. The van der Waals surface area contributed by atoms with Gasteiger partial charge in [0, 0.05) is 23.2 Å².